The normalized spacial score (nSPS) is 10.8. The van der Waals surface area contributed by atoms with Crippen LogP contribution in [0.25, 0.3) is 0 Å². The van der Waals surface area contributed by atoms with Crippen molar-refractivity contribution < 1.29 is 9.47 Å². The minimum atomic E-state index is 0.538. The first-order valence-corrected chi connectivity index (χ1v) is 7.26. The van der Waals surface area contributed by atoms with Gasteiger partial charge in [-0.15, -0.1) is 0 Å². The lowest BCUT2D eigenvalue weighted by atomic mass is 10.1. The largest absolute Gasteiger partial charge is 0.491 e. The van der Waals surface area contributed by atoms with Gasteiger partial charge in [0.2, 0.25) is 0 Å². The predicted molar refractivity (Wildman–Crippen MR) is 80.4 cm³/mol. The van der Waals surface area contributed by atoms with E-state index in [2.05, 4.69) is 19.2 Å². The molecule has 1 rings (SSSR count). The summed E-state index contributed by atoms with van der Waals surface area (Å²) in [5, 5.41) is 4.11. The van der Waals surface area contributed by atoms with Crippen molar-refractivity contribution in [3.05, 3.63) is 22.7 Å². The summed E-state index contributed by atoms with van der Waals surface area (Å²) in [7, 11) is 1.60. The summed E-state index contributed by atoms with van der Waals surface area (Å²) in [6.07, 6.45) is 2.25. The molecular weight excluding hydrogens is 262 g/mol. The van der Waals surface area contributed by atoms with Crippen molar-refractivity contribution in [3.8, 4) is 11.5 Å². The Morgan fingerprint density at radius 3 is 2.42 bits per heavy atom. The van der Waals surface area contributed by atoms with Crippen molar-refractivity contribution in [2.75, 3.05) is 13.7 Å². The van der Waals surface area contributed by atoms with Gasteiger partial charge < -0.3 is 14.8 Å². The fraction of sp³-hybridized carbons (Fsp3) is 0.600. The minimum Gasteiger partial charge on any atom is -0.491 e. The summed E-state index contributed by atoms with van der Waals surface area (Å²) in [5.74, 6) is 1.31. The van der Waals surface area contributed by atoms with Gasteiger partial charge in [-0.3, -0.25) is 0 Å². The second-order valence-electron chi connectivity index (χ2n) is 4.44. The highest BCUT2D eigenvalue weighted by atomic mass is 35.5. The molecule has 4 heteroatoms. The molecule has 0 amide bonds. The van der Waals surface area contributed by atoms with E-state index in [1.807, 2.05) is 19.1 Å². The number of hydrogen-bond acceptors (Lipinski definition) is 3. The van der Waals surface area contributed by atoms with Crippen molar-refractivity contribution in [2.24, 2.45) is 0 Å². The lowest BCUT2D eigenvalue weighted by Crippen LogP contribution is -2.27. The van der Waals surface area contributed by atoms with Gasteiger partial charge in [-0.25, -0.2) is 0 Å². The highest BCUT2D eigenvalue weighted by molar-refractivity contribution is 6.32. The lowest BCUT2D eigenvalue weighted by Gasteiger charge is -2.17. The monoisotopic (exact) mass is 285 g/mol. The maximum absolute atomic E-state index is 6.22. The number of halogens is 1. The van der Waals surface area contributed by atoms with Crippen molar-refractivity contribution in [3.63, 3.8) is 0 Å². The molecule has 1 aromatic carbocycles. The molecule has 0 aliphatic rings. The Bertz CT molecular complexity index is 392. The maximum Gasteiger partial charge on any atom is 0.179 e. The van der Waals surface area contributed by atoms with Crippen molar-refractivity contribution in [1.29, 1.82) is 0 Å². The van der Waals surface area contributed by atoms with E-state index in [1.165, 1.54) is 0 Å². The Morgan fingerprint density at radius 2 is 1.89 bits per heavy atom. The van der Waals surface area contributed by atoms with Crippen LogP contribution < -0.4 is 14.8 Å². The van der Waals surface area contributed by atoms with E-state index in [-0.39, 0.29) is 0 Å². The van der Waals surface area contributed by atoms with E-state index in [4.69, 9.17) is 21.1 Å². The van der Waals surface area contributed by atoms with Gasteiger partial charge in [-0.05, 0) is 37.5 Å². The summed E-state index contributed by atoms with van der Waals surface area (Å²) in [4.78, 5) is 0. The van der Waals surface area contributed by atoms with Crippen LogP contribution in [0.2, 0.25) is 5.02 Å². The second-order valence-corrected chi connectivity index (χ2v) is 4.84. The van der Waals surface area contributed by atoms with Gasteiger partial charge in [0.1, 0.15) is 0 Å². The van der Waals surface area contributed by atoms with E-state index in [9.17, 15) is 0 Å². The topological polar surface area (TPSA) is 30.5 Å². The quantitative estimate of drug-likeness (QED) is 0.782. The Labute approximate surface area is 121 Å². The van der Waals surface area contributed by atoms with Gasteiger partial charge in [0.05, 0.1) is 18.7 Å². The van der Waals surface area contributed by atoms with Crippen LogP contribution in [0.1, 0.15) is 39.2 Å². The zero-order valence-electron chi connectivity index (χ0n) is 12.3. The molecule has 0 radical (unpaired) electrons. The molecular formula is C15H24ClNO2. The summed E-state index contributed by atoms with van der Waals surface area (Å²) in [6, 6.07) is 4.46. The second kappa shape index (κ2) is 8.28. The number of benzene rings is 1. The van der Waals surface area contributed by atoms with Gasteiger partial charge in [-0.2, -0.15) is 0 Å². The zero-order valence-corrected chi connectivity index (χ0v) is 13.0. The third kappa shape index (κ3) is 4.59. The zero-order chi connectivity index (χ0) is 14.3. The first-order chi connectivity index (χ1) is 9.15. The number of hydrogen-bond donors (Lipinski definition) is 1. The molecule has 0 spiro atoms. The van der Waals surface area contributed by atoms with Gasteiger partial charge in [-0.1, -0.05) is 25.4 Å². The van der Waals surface area contributed by atoms with E-state index in [0.717, 1.165) is 24.9 Å². The van der Waals surface area contributed by atoms with Crippen LogP contribution >= 0.6 is 11.6 Å². The lowest BCUT2D eigenvalue weighted by molar-refractivity contribution is 0.310. The molecule has 0 bridgehead atoms. The van der Waals surface area contributed by atoms with Crippen molar-refractivity contribution in [2.45, 2.75) is 46.2 Å². The molecule has 0 unspecified atom stereocenters. The highest BCUT2D eigenvalue weighted by Gasteiger charge is 2.12. The number of methoxy groups -OCH3 is 1. The first kappa shape index (κ1) is 16.1. The SMILES string of the molecule is CCOc1cc(CNC(CC)CC)cc(Cl)c1OC. The van der Waals surface area contributed by atoms with Gasteiger partial charge in [0, 0.05) is 12.6 Å². The predicted octanol–water partition coefficient (Wildman–Crippen LogP) is 4.03. The third-order valence-corrected chi connectivity index (χ3v) is 3.43. The number of rotatable bonds is 8. The molecule has 0 atom stereocenters. The Hall–Kier alpha value is -0.930. The number of ether oxygens (including phenoxy) is 2. The molecule has 0 aliphatic heterocycles. The minimum absolute atomic E-state index is 0.538. The summed E-state index contributed by atoms with van der Waals surface area (Å²) < 4.78 is 10.8. The van der Waals surface area contributed by atoms with Crippen LogP contribution in [0.5, 0.6) is 11.5 Å². The average Bonchev–Trinajstić information content (AvgIpc) is 2.40. The number of nitrogens with one attached hydrogen (secondary N) is 1. The van der Waals surface area contributed by atoms with E-state index < -0.39 is 0 Å². The molecule has 108 valence electrons. The molecule has 1 aromatic rings. The smallest absolute Gasteiger partial charge is 0.179 e. The van der Waals surface area contributed by atoms with Gasteiger partial charge >= 0.3 is 0 Å². The first-order valence-electron chi connectivity index (χ1n) is 6.88. The maximum atomic E-state index is 6.22. The fourth-order valence-corrected chi connectivity index (χ4v) is 2.33. The summed E-state index contributed by atoms with van der Waals surface area (Å²) in [5.41, 5.74) is 1.11. The van der Waals surface area contributed by atoms with Crippen molar-refractivity contribution in [1.82, 2.24) is 5.32 Å². The molecule has 0 fully saturated rings. The summed E-state index contributed by atoms with van der Waals surface area (Å²) in [6.45, 7) is 7.70. The Morgan fingerprint density at radius 1 is 1.21 bits per heavy atom. The molecule has 3 nitrogen and oxygen atoms in total. The summed E-state index contributed by atoms with van der Waals surface area (Å²) >= 11 is 6.22. The average molecular weight is 286 g/mol. The van der Waals surface area contributed by atoms with Crippen LogP contribution in [0.3, 0.4) is 0 Å². The molecule has 0 heterocycles. The van der Waals surface area contributed by atoms with E-state index in [1.54, 1.807) is 7.11 Å². The molecule has 19 heavy (non-hydrogen) atoms. The molecule has 0 saturated heterocycles. The Kier molecular flexibility index (Phi) is 7.03. The fourth-order valence-electron chi connectivity index (χ4n) is 2.02. The van der Waals surface area contributed by atoms with Crippen LogP contribution in [-0.2, 0) is 6.54 Å². The van der Waals surface area contributed by atoms with Crippen molar-refractivity contribution >= 4 is 11.6 Å². The molecule has 0 saturated carbocycles. The highest BCUT2D eigenvalue weighted by Crippen LogP contribution is 2.36. The third-order valence-electron chi connectivity index (χ3n) is 3.15. The van der Waals surface area contributed by atoms with Crippen LogP contribution in [0.4, 0.5) is 0 Å². The Balaban J connectivity index is 2.84. The van der Waals surface area contributed by atoms with Crippen LogP contribution in [0.15, 0.2) is 12.1 Å². The van der Waals surface area contributed by atoms with Gasteiger partial charge in [0.25, 0.3) is 0 Å². The van der Waals surface area contributed by atoms with E-state index in [0.29, 0.717) is 29.2 Å². The molecule has 1 N–H and O–H groups in total. The van der Waals surface area contributed by atoms with Crippen LogP contribution in [0, 0.1) is 0 Å². The van der Waals surface area contributed by atoms with Gasteiger partial charge in [0.15, 0.2) is 11.5 Å². The van der Waals surface area contributed by atoms with E-state index >= 15 is 0 Å². The molecule has 0 aromatic heterocycles. The van der Waals surface area contributed by atoms with Crippen LogP contribution in [-0.4, -0.2) is 19.8 Å². The molecule has 0 aliphatic carbocycles. The standard InChI is InChI=1S/C15H24ClNO2/c1-5-12(6-2)17-10-11-8-13(16)15(18-4)14(9-11)19-7-3/h8-9,12,17H,5-7,10H2,1-4H3.